The molecule has 2 N–H and O–H groups in total. The summed E-state index contributed by atoms with van der Waals surface area (Å²) in [6, 6.07) is 8.03. The zero-order valence-electron chi connectivity index (χ0n) is 9.75. The van der Waals surface area contributed by atoms with Gasteiger partial charge in [-0.25, -0.2) is 0 Å². The third kappa shape index (κ3) is 5.73. The predicted molar refractivity (Wildman–Crippen MR) is 69.1 cm³/mol. The molecule has 0 bridgehead atoms. The molecule has 3 nitrogen and oxygen atoms in total. The average Bonchev–Trinajstić information content (AvgIpc) is 2.22. The van der Waals surface area contributed by atoms with Gasteiger partial charge in [-0.05, 0) is 19.5 Å². The van der Waals surface area contributed by atoms with Crippen LogP contribution >= 0.6 is 12.4 Å². The number of rotatable bonds is 5. The monoisotopic (exact) mass is 242 g/mol. The second-order valence-electron chi connectivity index (χ2n) is 3.62. The van der Waals surface area contributed by atoms with Gasteiger partial charge in [0.2, 0.25) is 5.91 Å². The van der Waals surface area contributed by atoms with E-state index in [1.807, 2.05) is 38.2 Å². The smallest absolute Gasteiger partial charge is 0.224 e. The van der Waals surface area contributed by atoms with Crippen LogP contribution in [-0.2, 0) is 11.2 Å². The lowest BCUT2D eigenvalue weighted by atomic mass is 10.1. The molecule has 1 amide bonds. The summed E-state index contributed by atoms with van der Waals surface area (Å²) in [5, 5.41) is 5.82. The second-order valence-corrected chi connectivity index (χ2v) is 3.62. The number of likely N-dealkylation sites (N-methyl/N-ethyl adjacent to an activating group) is 1. The van der Waals surface area contributed by atoms with E-state index < -0.39 is 0 Å². The van der Waals surface area contributed by atoms with Crippen molar-refractivity contribution in [1.29, 1.82) is 0 Å². The van der Waals surface area contributed by atoms with E-state index in [4.69, 9.17) is 0 Å². The average molecular weight is 243 g/mol. The highest BCUT2D eigenvalue weighted by molar-refractivity contribution is 5.85. The van der Waals surface area contributed by atoms with Gasteiger partial charge >= 0.3 is 0 Å². The van der Waals surface area contributed by atoms with Gasteiger partial charge in [0, 0.05) is 13.1 Å². The van der Waals surface area contributed by atoms with Gasteiger partial charge in [-0.15, -0.1) is 12.4 Å². The van der Waals surface area contributed by atoms with Crippen molar-refractivity contribution in [2.45, 2.75) is 13.3 Å². The summed E-state index contributed by atoms with van der Waals surface area (Å²) >= 11 is 0. The van der Waals surface area contributed by atoms with Gasteiger partial charge in [-0.1, -0.05) is 29.8 Å². The lowest BCUT2D eigenvalue weighted by molar-refractivity contribution is -0.120. The Kier molecular flexibility index (Phi) is 7.60. The topological polar surface area (TPSA) is 41.1 Å². The molecule has 90 valence electrons. The molecule has 0 heterocycles. The standard InChI is InChI=1S/C12H18N2O.ClH/c1-10-3-5-11(6-4-10)9-12(15)14-8-7-13-2;/h3-6,13H,7-9H2,1-2H3,(H,14,15);1H. The summed E-state index contributed by atoms with van der Waals surface area (Å²) in [5.41, 5.74) is 2.27. The van der Waals surface area contributed by atoms with Crippen molar-refractivity contribution < 1.29 is 4.79 Å². The number of benzene rings is 1. The molecule has 0 aliphatic rings. The van der Waals surface area contributed by atoms with Crippen molar-refractivity contribution in [2.75, 3.05) is 20.1 Å². The zero-order valence-corrected chi connectivity index (χ0v) is 10.6. The summed E-state index contributed by atoms with van der Waals surface area (Å²) in [4.78, 5) is 11.4. The van der Waals surface area contributed by atoms with E-state index in [2.05, 4.69) is 10.6 Å². The number of halogens is 1. The van der Waals surface area contributed by atoms with Crippen LogP contribution in [0.2, 0.25) is 0 Å². The maximum Gasteiger partial charge on any atom is 0.224 e. The van der Waals surface area contributed by atoms with Crippen LogP contribution in [0.15, 0.2) is 24.3 Å². The van der Waals surface area contributed by atoms with Gasteiger partial charge in [0.05, 0.1) is 6.42 Å². The summed E-state index contributed by atoms with van der Waals surface area (Å²) in [6.07, 6.45) is 0.462. The van der Waals surface area contributed by atoms with Crippen LogP contribution in [0.25, 0.3) is 0 Å². The molecule has 0 aromatic heterocycles. The molecule has 0 aliphatic carbocycles. The molecular formula is C12H19ClN2O. The number of hydrogen-bond acceptors (Lipinski definition) is 2. The minimum absolute atomic E-state index is 0. The largest absolute Gasteiger partial charge is 0.355 e. The minimum Gasteiger partial charge on any atom is -0.355 e. The van der Waals surface area contributed by atoms with Crippen LogP contribution in [0.4, 0.5) is 0 Å². The molecule has 0 spiro atoms. The first-order valence-electron chi connectivity index (χ1n) is 5.19. The molecule has 0 saturated carbocycles. The van der Waals surface area contributed by atoms with E-state index in [-0.39, 0.29) is 18.3 Å². The third-order valence-electron chi connectivity index (χ3n) is 2.18. The number of aryl methyl sites for hydroxylation is 1. The summed E-state index contributed by atoms with van der Waals surface area (Å²) in [6.45, 7) is 3.53. The van der Waals surface area contributed by atoms with E-state index in [0.717, 1.165) is 12.1 Å². The molecule has 0 fully saturated rings. The molecule has 0 radical (unpaired) electrons. The van der Waals surface area contributed by atoms with E-state index >= 15 is 0 Å². The van der Waals surface area contributed by atoms with Crippen molar-refractivity contribution in [3.05, 3.63) is 35.4 Å². The Balaban J connectivity index is 0.00000225. The Morgan fingerprint density at radius 1 is 1.19 bits per heavy atom. The predicted octanol–water partition coefficient (Wildman–Crippen LogP) is 1.29. The lowest BCUT2D eigenvalue weighted by Crippen LogP contribution is -2.31. The number of nitrogens with one attached hydrogen (secondary N) is 2. The van der Waals surface area contributed by atoms with E-state index in [9.17, 15) is 4.79 Å². The van der Waals surface area contributed by atoms with Crippen LogP contribution in [0, 0.1) is 6.92 Å². The Hall–Kier alpha value is -1.06. The number of hydrogen-bond donors (Lipinski definition) is 2. The fraction of sp³-hybridized carbons (Fsp3) is 0.417. The first-order valence-corrected chi connectivity index (χ1v) is 5.19. The van der Waals surface area contributed by atoms with Crippen molar-refractivity contribution in [1.82, 2.24) is 10.6 Å². The molecule has 0 atom stereocenters. The number of amides is 1. The summed E-state index contributed by atoms with van der Waals surface area (Å²) in [7, 11) is 1.87. The van der Waals surface area contributed by atoms with Gasteiger partial charge in [0.1, 0.15) is 0 Å². The van der Waals surface area contributed by atoms with Gasteiger partial charge in [-0.2, -0.15) is 0 Å². The molecule has 0 aliphatic heterocycles. The first kappa shape index (κ1) is 14.9. The van der Waals surface area contributed by atoms with E-state index in [0.29, 0.717) is 13.0 Å². The van der Waals surface area contributed by atoms with Gasteiger partial charge in [0.25, 0.3) is 0 Å². The first-order chi connectivity index (χ1) is 7.22. The normalized spacial score (nSPS) is 9.38. The lowest BCUT2D eigenvalue weighted by Gasteiger charge is -2.04. The van der Waals surface area contributed by atoms with E-state index in [1.165, 1.54) is 5.56 Å². The highest BCUT2D eigenvalue weighted by Gasteiger charge is 2.01. The van der Waals surface area contributed by atoms with Crippen molar-refractivity contribution in [3.8, 4) is 0 Å². The van der Waals surface area contributed by atoms with Gasteiger partial charge in [0.15, 0.2) is 0 Å². The Bertz CT molecular complexity index is 311. The molecule has 16 heavy (non-hydrogen) atoms. The molecule has 4 heteroatoms. The Morgan fingerprint density at radius 3 is 2.38 bits per heavy atom. The Labute approximate surface area is 103 Å². The van der Waals surface area contributed by atoms with E-state index in [1.54, 1.807) is 0 Å². The highest BCUT2D eigenvalue weighted by Crippen LogP contribution is 2.03. The molecule has 0 unspecified atom stereocenters. The minimum atomic E-state index is 0. The third-order valence-corrected chi connectivity index (χ3v) is 2.18. The zero-order chi connectivity index (χ0) is 11.1. The second kappa shape index (κ2) is 8.13. The number of carbonyl (C=O) groups is 1. The SMILES string of the molecule is CNCCNC(=O)Cc1ccc(C)cc1.Cl. The Morgan fingerprint density at radius 2 is 1.81 bits per heavy atom. The molecule has 1 aromatic rings. The van der Waals surface area contributed by atoms with Gasteiger partial charge in [-0.3, -0.25) is 4.79 Å². The highest BCUT2D eigenvalue weighted by atomic mass is 35.5. The van der Waals surface area contributed by atoms with Crippen LogP contribution < -0.4 is 10.6 Å². The molecule has 0 saturated heterocycles. The van der Waals surface area contributed by atoms with Crippen LogP contribution in [0.5, 0.6) is 0 Å². The fourth-order valence-electron chi connectivity index (χ4n) is 1.28. The molecule has 1 aromatic carbocycles. The molecular weight excluding hydrogens is 224 g/mol. The van der Waals surface area contributed by atoms with Crippen molar-refractivity contribution >= 4 is 18.3 Å². The number of carbonyl (C=O) groups excluding carboxylic acids is 1. The quantitative estimate of drug-likeness (QED) is 0.765. The van der Waals surface area contributed by atoms with Crippen LogP contribution in [0.1, 0.15) is 11.1 Å². The summed E-state index contributed by atoms with van der Waals surface area (Å²) in [5.74, 6) is 0.0779. The fourth-order valence-corrected chi connectivity index (χ4v) is 1.28. The van der Waals surface area contributed by atoms with Crippen LogP contribution in [-0.4, -0.2) is 26.0 Å². The van der Waals surface area contributed by atoms with Crippen molar-refractivity contribution in [2.24, 2.45) is 0 Å². The van der Waals surface area contributed by atoms with Gasteiger partial charge < -0.3 is 10.6 Å². The van der Waals surface area contributed by atoms with Crippen molar-refractivity contribution in [3.63, 3.8) is 0 Å². The summed E-state index contributed by atoms with van der Waals surface area (Å²) < 4.78 is 0. The maximum absolute atomic E-state index is 11.4. The van der Waals surface area contributed by atoms with Crippen LogP contribution in [0.3, 0.4) is 0 Å². The molecule has 1 rings (SSSR count). The maximum atomic E-state index is 11.4.